The van der Waals surface area contributed by atoms with E-state index in [1.165, 1.54) is 13.2 Å². The van der Waals surface area contributed by atoms with Crippen LogP contribution in [0.5, 0.6) is 0 Å². The topological polar surface area (TPSA) is 0 Å². The summed E-state index contributed by atoms with van der Waals surface area (Å²) < 4.78 is 2.85. The Morgan fingerprint density at radius 3 is 3.00 bits per heavy atom. The van der Waals surface area contributed by atoms with Crippen LogP contribution in [0.1, 0.15) is 0 Å². The molecule has 0 spiro atoms. The molecule has 0 aliphatic heterocycles. The molecule has 0 saturated carbocycles. The molecule has 0 saturated heterocycles. The zero-order chi connectivity index (χ0) is 6.97. The molecule has 2 aromatic rings. The van der Waals surface area contributed by atoms with Gasteiger partial charge in [-0.3, -0.25) is 0 Å². The van der Waals surface area contributed by atoms with E-state index in [2.05, 4.69) is 51.8 Å². The summed E-state index contributed by atoms with van der Waals surface area (Å²) in [5, 5.41) is 1.42. The van der Waals surface area contributed by atoms with Crippen molar-refractivity contribution in [1.29, 1.82) is 0 Å². The first kappa shape index (κ1) is 6.89. The fourth-order valence-corrected chi connectivity index (χ4v) is 3.07. The van der Waals surface area contributed by atoms with Crippen LogP contribution >= 0.6 is 22.6 Å². The van der Waals surface area contributed by atoms with Crippen molar-refractivity contribution in [2.75, 3.05) is 0 Å². The summed E-state index contributed by atoms with van der Waals surface area (Å²) in [5.41, 5.74) is 0. The minimum absolute atomic E-state index is 0.611. The number of hydrogen-bond acceptors (Lipinski definition) is 0. The van der Waals surface area contributed by atoms with E-state index in [0.717, 1.165) is 0 Å². The van der Waals surface area contributed by atoms with Crippen molar-refractivity contribution in [2.24, 2.45) is 0 Å². The normalized spacial score (nSPS) is 10.5. The molecule has 0 aliphatic carbocycles. The van der Waals surface area contributed by atoms with Gasteiger partial charge in [-0.1, -0.05) is 0 Å². The quantitative estimate of drug-likeness (QED) is 0.518. The van der Waals surface area contributed by atoms with Gasteiger partial charge in [0.25, 0.3) is 0 Å². The molecule has 0 unspecified atom stereocenters. The van der Waals surface area contributed by atoms with Gasteiger partial charge in [-0.2, -0.15) is 0 Å². The molecule has 0 radical (unpaired) electrons. The van der Waals surface area contributed by atoms with E-state index in [-0.39, 0.29) is 0 Å². The van der Waals surface area contributed by atoms with Gasteiger partial charge in [-0.15, -0.1) is 0 Å². The predicted molar refractivity (Wildman–Crippen MR) is 53.6 cm³/mol. The van der Waals surface area contributed by atoms with Gasteiger partial charge >= 0.3 is 79.5 Å². The van der Waals surface area contributed by atoms with E-state index in [1.807, 2.05) is 0 Å². The second-order valence-corrected chi connectivity index (χ2v) is 5.34. The summed E-state index contributed by atoms with van der Waals surface area (Å²) >= 11 is 2.96. The Morgan fingerprint density at radius 1 is 1.20 bits per heavy atom. The molecule has 0 bridgehead atoms. The average molecular weight is 307 g/mol. The molecule has 0 fully saturated rings. The molecular weight excluding hydrogens is 302 g/mol. The van der Waals surface area contributed by atoms with Crippen molar-refractivity contribution in [2.45, 2.75) is 0 Å². The van der Waals surface area contributed by atoms with E-state index >= 15 is 0 Å². The van der Waals surface area contributed by atoms with Crippen LogP contribution in [0, 0.1) is 3.57 Å². The van der Waals surface area contributed by atoms with E-state index in [9.17, 15) is 0 Å². The van der Waals surface area contributed by atoms with Crippen LogP contribution in [0.4, 0.5) is 0 Å². The van der Waals surface area contributed by atoms with E-state index in [1.54, 1.807) is 0 Å². The Balaban J connectivity index is 2.86. The first-order chi connectivity index (χ1) is 4.86. The molecule has 0 N–H and O–H groups in total. The van der Waals surface area contributed by atoms with Gasteiger partial charge in [-0.25, -0.2) is 0 Å². The van der Waals surface area contributed by atoms with Crippen LogP contribution in [0.2, 0.25) is 0 Å². The molecule has 0 amide bonds. The minimum atomic E-state index is 0.611. The van der Waals surface area contributed by atoms with Crippen LogP contribution in [-0.4, -0.2) is 14.5 Å². The summed E-state index contributed by atoms with van der Waals surface area (Å²) in [6, 6.07) is 8.86. The molecule has 10 heavy (non-hydrogen) atoms. The first-order valence-electron chi connectivity index (χ1n) is 2.99. The van der Waals surface area contributed by atoms with Crippen molar-refractivity contribution >= 4 is 46.7 Å². The number of halogens is 1. The molecule has 50 valence electrons. The van der Waals surface area contributed by atoms with Gasteiger partial charge in [0.15, 0.2) is 0 Å². The molecule has 0 nitrogen and oxygen atoms in total. The third-order valence-corrected chi connectivity index (χ3v) is 3.97. The van der Waals surface area contributed by atoms with Gasteiger partial charge in [0.2, 0.25) is 0 Å². The molecule has 0 atom stereocenters. The van der Waals surface area contributed by atoms with Crippen LogP contribution in [0.3, 0.4) is 0 Å². The van der Waals surface area contributed by atoms with Crippen molar-refractivity contribution in [3.8, 4) is 0 Å². The van der Waals surface area contributed by atoms with Gasteiger partial charge in [0, 0.05) is 0 Å². The average Bonchev–Trinajstić information content (AvgIpc) is 2.33. The zero-order valence-electron chi connectivity index (χ0n) is 5.17. The molecular formula is C8H5ISe. The summed E-state index contributed by atoms with van der Waals surface area (Å²) in [6.45, 7) is 0. The molecule has 0 aliphatic rings. The van der Waals surface area contributed by atoms with Gasteiger partial charge in [-0.05, 0) is 0 Å². The Bertz CT molecular complexity index is 351. The zero-order valence-corrected chi connectivity index (χ0v) is 9.04. The molecule has 1 heterocycles. The Kier molecular flexibility index (Phi) is 1.85. The van der Waals surface area contributed by atoms with Crippen LogP contribution in [0.25, 0.3) is 9.65 Å². The number of hydrogen-bond donors (Lipinski definition) is 0. The van der Waals surface area contributed by atoms with E-state index < -0.39 is 0 Å². The molecule has 1 aromatic heterocycles. The van der Waals surface area contributed by atoms with Crippen molar-refractivity contribution in [3.63, 3.8) is 0 Å². The van der Waals surface area contributed by atoms with Crippen LogP contribution in [0.15, 0.2) is 29.2 Å². The number of rotatable bonds is 0. The summed E-state index contributed by atoms with van der Waals surface area (Å²) in [4.78, 5) is 2.27. The standard InChI is InChI=1S/C8H5ISe/c9-7-1-2-8-6(5-7)3-4-10-8/h1-5H. The fourth-order valence-electron chi connectivity index (χ4n) is 0.938. The third-order valence-electron chi connectivity index (χ3n) is 1.41. The van der Waals surface area contributed by atoms with Crippen LogP contribution in [-0.2, 0) is 0 Å². The monoisotopic (exact) mass is 308 g/mol. The summed E-state index contributed by atoms with van der Waals surface area (Å²) in [5.74, 6) is 0. The number of benzene rings is 1. The SMILES string of the molecule is Ic1ccc2[se]ccc2c1. The maximum absolute atomic E-state index is 2.35. The van der Waals surface area contributed by atoms with Gasteiger partial charge in [0.1, 0.15) is 0 Å². The van der Waals surface area contributed by atoms with Crippen molar-refractivity contribution < 1.29 is 0 Å². The molecule has 2 heteroatoms. The Morgan fingerprint density at radius 2 is 2.10 bits per heavy atom. The third kappa shape index (κ3) is 1.16. The first-order valence-corrected chi connectivity index (χ1v) is 5.91. The molecule has 2 rings (SSSR count). The van der Waals surface area contributed by atoms with E-state index in [4.69, 9.17) is 0 Å². The summed E-state index contributed by atoms with van der Waals surface area (Å²) in [7, 11) is 0. The Hall–Kier alpha value is 0.209. The van der Waals surface area contributed by atoms with E-state index in [0.29, 0.717) is 14.5 Å². The second-order valence-electron chi connectivity index (χ2n) is 2.10. The predicted octanol–water partition coefficient (Wildman–Crippen LogP) is 2.50. The Labute approximate surface area is 79.1 Å². The number of fused-ring (bicyclic) bond motifs is 1. The summed E-state index contributed by atoms with van der Waals surface area (Å²) in [6.07, 6.45) is 0. The second kappa shape index (κ2) is 2.68. The molecule has 1 aromatic carbocycles. The van der Waals surface area contributed by atoms with Gasteiger partial charge < -0.3 is 0 Å². The fraction of sp³-hybridized carbons (Fsp3) is 0. The van der Waals surface area contributed by atoms with Gasteiger partial charge in [0.05, 0.1) is 0 Å². The van der Waals surface area contributed by atoms with Crippen LogP contribution < -0.4 is 0 Å². The van der Waals surface area contributed by atoms with Crippen molar-refractivity contribution in [3.05, 3.63) is 32.8 Å². The maximum atomic E-state index is 2.35. The van der Waals surface area contributed by atoms with Crippen molar-refractivity contribution in [1.82, 2.24) is 0 Å².